The summed E-state index contributed by atoms with van der Waals surface area (Å²) in [5, 5.41) is 30.6. The zero-order valence-corrected chi connectivity index (χ0v) is 23.5. The van der Waals surface area contributed by atoms with Crippen LogP contribution < -0.4 is 9.73 Å². The maximum atomic E-state index is 10.8. The molecule has 0 aliphatic heterocycles. The van der Waals surface area contributed by atoms with E-state index in [2.05, 4.69) is 63.0 Å². The van der Waals surface area contributed by atoms with Gasteiger partial charge in [0.05, 0.1) is 6.10 Å². The fourth-order valence-electron chi connectivity index (χ4n) is 4.82. The van der Waals surface area contributed by atoms with Gasteiger partial charge in [0.2, 0.25) is 6.54 Å². The van der Waals surface area contributed by atoms with Crippen molar-refractivity contribution in [2.24, 2.45) is 11.8 Å². The number of fused-ring (bicyclic) bond motifs is 1. The highest BCUT2D eigenvalue weighted by molar-refractivity contribution is 7.20. The molecule has 0 aliphatic rings. The molecule has 0 bridgehead atoms. The van der Waals surface area contributed by atoms with Crippen LogP contribution in [-0.2, 0) is 10.2 Å². The van der Waals surface area contributed by atoms with Crippen LogP contribution in [-0.4, -0.2) is 46.4 Å². The Labute approximate surface area is 223 Å². The van der Waals surface area contributed by atoms with E-state index in [4.69, 9.17) is 9.84 Å². The van der Waals surface area contributed by atoms with Crippen LogP contribution in [0, 0.1) is 18.8 Å². The molecule has 6 nitrogen and oxygen atoms in total. The second-order valence-corrected chi connectivity index (χ2v) is 11.3. The van der Waals surface area contributed by atoms with Crippen molar-refractivity contribution in [1.82, 2.24) is 0 Å². The minimum atomic E-state index is -1.03. The zero-order chi connectivity index (χ0) is 27.3. The first-order valence-electron chi connectivity index (χ1n) is 13.0. The standard InChI is InChI=1S/C30H39NO5S/c1-7-30(8-2,22-9-11-25(19(5)13-22)36-17-24(32)20(6)18(3)4)23-10-12-26-21(14-23)15-27(37-26)29(35)31-16-28(33)34/h9-15,18,20,24,32H,7-8,16-17H2,1-6H3,(H,31,35)(H,33,34)/p+1. The summed E-state index contributed by atoms with van der Waals surface area (Å²) in [4.78, 5) is 14.0. The van der Waals surface area contributed by atoms with Crippen LogP contribution >= 0.6 is 11.3 Å². The van der Waals surface area contributed by atoms with Gasteiger partial charge < -0.3 is 20.1 Å². The number of aryl methyl sites for hydroxylation is 1. The van der Waals surface area contributed by atoms with Crippen molar-refractivity contribution in [3.8, 4) is 5.75 Å². The molecule has 4 N–H and O–H groups in total. The molecule has 0 fully saturated rings. The predicted octanol–water partition coefficient (Wildman–Crippen LogP) is 4.82. The molecule has 0 saturated heterocycles. The minimum absolute atomic E-state index is 0.124. The Balaban J connectivity index is 1.91. The Kier molecular flexibility index (Phi) is 9.37. The van der Waals surface area contributed by atoms with Gasteiger partial charge in [-0.25, -0.2) is 4.79 Å². The van der Waals surface area contributed by atoms with Gasteiger partial charge in [-0.15, -0.1) is 11.3 Å². The molecular weight excluding hydrogens is 486 g/mol. The molecule has 2 unspecified atom stereocenters. The molecule has 2 aromatic carbocycles. The van der Waals surface area contributed by atoms with E-state index < -0.39 is 12.1 Å². The van der Waals surface area contributed by atoms with Crippen LogP contribution in [0.15, 0.2) is 42.5 Å². The summed E-state index contributed by atoms with van der Waals surface area (Å²) < 4.78 is 7.04. The monoisotopic (exact) mass is 526 g/mol. The number of hydrogen-bond acceptors (Lipinski definition) is 4. The second kappa shape index (κ2) is 12.1. The van der Waals surface area contributed by atoms with Crippen LogP contribution in [0.1, 0.15) is 69.0 Å². The molecular formula is C30H40NO5S+. The Bertz CT molecular complexity index is 1260. The van der Waals surface area contributed by atoms with Crippen LogP contribution in [0.25, 0.3) is 10.1 Å². The molecule has 3 aromatic rings. The van der Waals surface area contributed by atoms with Crippen LogP contribution in [0.2, 0.25) is 0 Å². The van der Waals surface area contributed by atoms with Crippen molar-refractivity contribution in [3.63, 3.8) is 0 Å². The molecule has 37 heavy (non-hydrogen) atoms. The first kappa shape index (κ1) is 28.7. The van der Waals surface area contributed by atoms with Crippen molar-refractivity contribution < 1.29 is 29.8 Å². The number of thiophene rings is 1. The summed E-state index contributed by atoms with van der Waals surface area (Å²) in [5.41, 5.74) is 3.25. The van der Waals surface area contributed by atoms with Crippen LogP contribution in [0.5, 0.6) is 5.75 Å². The van der Waals surface area contributed by atoms with Gasteiger partial charge in [-0.3, -0.25) is 0 Å². The van der Waals surface area contributed by atoms with Crippen LogP contribution in [0.4, 0.5) is 0 Å². The summed E-state index contributed by atoms with van der Waals surface area (Å²) in [6.07, 6.45) is 1.31. The third kappa shape index (κ3) is 6.33. The van der Waals surface area contributed by atoms with Gasteiger partial charge in [0.25, 0.3) is 0 Å². The highest BCUT2D eigenvalue weighted by Crippen LogP contribution is 2.42. The van der Waals surface area contributed by atoms with Gasteiger partial charge in [-0.05, 0) is 77.9 Å². The average Bonchev–Trinajstić information content (AvgIpc) is 3.31. The lowest BCUT2D eigenvalue weighted by atomic mass is 9.70. The number of nitrogens with one attached hydrogen (secondary N) is 1. The number of aliphatic hydroxyl groups is 2. The lowest BCUT2D eigenvalue weighted by Crippen LogP contribution is -2.75. The topological polar surface area (TPSA) is 101 Å². The van der Waals surface area contributed by atoms with E-state index in [0.717, 1.165) is 34.2 Å². The quantitative estimate of drug-likeness (QED) is 0.200. The van der Waals surface area contributed by atoms with Gasteiger partial charge >= 0.3 is 11.9 Å². The van der Waals surface area contributed by atoms with Gasteiger partial charge in [0, 0.05) is 10.1 Å². The maximum absolute atomic E-state index is 10.8. The van der Waals surface area contributed by atoms with E-state index in [1.807, 2.05) is 26.0 Å². The Hall–Kier alpha value is -2.90. The fraction of sp³-hybridized carbons (Fsp3) is 0.467. The molecule has 0 amide bonds. The lowest BCUT2D eigenvalue weighted by Gasteiger charge is -2.34. The third-order valence-electron chi connectivity index (χ3n) is 7.71. The highest BCUT2D eigenvalue weighted by atomic mass is 32.1. The maximum Gasteiger partial charge on any atom is 0.376 e. The van der Waals surface area contributed by atoms with E-state index in [1.54, 1.807) is 0 Å². The van der Waals surface area contributed by atoms with E-state index >= 15 is 0 Å². The van der Waals surface area contributed by atoms with Crippen molar-refractivity contribution in [1.29, 1.82) is 0 Å². The van der Waals surface area contributed by atoms with Crippen molar-refractivity contribution in [3.05, 3.63) is 64.0 Å². The Morgan fingerprint density at radius 1 is 1.03 bits per heavy atom. The lowest BCUT2D eigenvalue weighted by molar-refractivity contribution is -0.455. The van der Waals surface area contributed by atoms with Crippen molar-refractivity contribution in [2.75, 3.05) is 13.2 Å². The molecule has 1 heterocycles. The molecule has 0 spiro atoms. The third-order valence-corrected chi connectivity index (χ3v) is 8.83. The zero-order valence-electron chi connectivity index (χ0n) is 22.7. The number of carboxylic acids is 1. The number of rotatable bonds is 12. The molecule has 2 atom stereocenters. The van der Waals surface area contributed by atoms with Gasteiger partial charge in [-0.2, -0.15) is 4.99 Å². The summed E-state index contributed by atoms with van der Waals surface area (Å²) in [6.45, 7) is 12.6. The SMILES string of the molecule is CCC(CC)(c1ccc(OCC(O)C(C)C(C)C)c(C)c1)c1ccc2sc(C(O)=[NH+]CC(=O)O)cc2c1. The normalized spacial score (nSPS) is 14.2. The van der Waals surface area contributed by atoms with Gasteiger partial charge in [0.1, 0.15) is 17.2 Å². The van der Waals surface area contributed by atoms with E-state index in [9.17, 15) is 15.0 Å². The highest BCUT2D eigenvalue weighted by Gasteiger charge is 2.32. The number of carboxylic acid groups (broad SMARTS) is 1. The summed E-state index contributed by atoms with van der Waals surface area (Å²) in [7, 11) is 0. The molecule has 0 aliphatic carbocycles. The number of aliphatic carboxylic acids is 1. The molecule has 7 heteroatoms. The van der Waals surface area contributed by atoms with E-state index in [-0.39, 0.29) is 30.4 Å². The van der Waals surface area contributed by atoms with E-state index in [0.29, 0.717) is 10.8 Å². The largest absolute Gasteiger partial charge is 0.491 e. The van der Waals surface area contributed by atoms with Gasteiger partial charge in [-0.1, -0.05) is 52.8 Å². The first-order valence-corrected chi connectivity index (χ1v) is 13.8. The second-order valence-electron chi connectivity index (χ2n) is 10.2. The molecule has 0 saturated carbocycles. The summed E-state index contributed by atoms with van der Waals surface area (Å²) in [6, 6.07) is 14.6. The Morgan fingerprint density at radius 3 is 2.27 bits per heavy atom. The smallest absolute Gasteiger partial charge is 0.376 e. The molecule has 0 radical (unpaired) electrons. The van der Waals surface area contributed by atoms with Gasteiger partial charge in [0.15, 0.2) is 0 Å². The first-order chi connectivity index (χ1) is 17.5. The minimum Gasteiger partial charge on any atom is -0.491 e. The molecule has 200 valence electrons. The average molecular weight is 527 g/mol. The van der Waals surface area contributed by atoms with E-state index in [1.165, 1.54) is 22.5 Å². The molecule has 3 rings (SSSR count). The Morgan fingerprint density at radius 2 is 1.68 bits per heavy atom. The number of carbonyl (C=O) groups is 1. The number of ether oxygens (including phenoxy) is 1. The predicted molar refractivity (Wildman–Crippen MR) is 150 cm³/mol. The van der Waals surface area contributed by atoms with Crippen LogP contribution in [0.3, 0.4) is 0 Å². The number of benzene rings is 2. The van der Waals surface area contributed by atoms with Crippen molar-refractivity contribution in [2.45, 2.75) is 65.9 Å². The summed E-state index contributed by atoms with van der Waals surface area (Å²) >= 11 is 1.42. The van der Waals surface area contributed by atoms with Crippen molar-refractivity contribution >= 4 is 33.3 Å². The summed E-state index contributed by atoms with van der Waals surface area (Å²) in [5.74, 6) is 0.182. The number of aliphatic hydroxyl groups excluding tert-OH is 2. The molecule has 1 aromatic heterocycles. The fourth-order valence-corrected chi connectivity index (χ4v) is 5.78. The number of hydrogen-bond donors (Lipinski definition) is 4.